The van der Waals surface area contributed by atoms with Crippen LogP contribution in [0.3, 0.4) is 0 Å². The van der Waals surface area contributed by atoms with Gasteiger partial charge in [-0.2, -0.15) is 4.31 Å². The number of hydrogen-bond donors (Lipinski definition) is 1. The van der Waals surface area contributed by atoms with Crippen molar-refractivity contribution in [3.8, 4) is 0 Å². The first-order valence-corrected chi connectivity index (χ1v) is 9.93. The lowest BCUT2D eigenvalue weighted by Gasteiger charge is -2.22. The van der Waals surface area contributed by atoms with Gasteiger partial charge in [0.15, 0.2) is 0 Å². The average molecular weight is 346 g/mol. The number of nitrogens with one attached hydrogen (secondary N) is 1. The van der Waals surface area contributed by atoms with Crippen LogP contribution in [-0.4, -0.2) is 32.1 Å². The zero-order chi connectivity index (χ0) is 17.3. The van der Waals surface area contributed by atoms with Crippen LogP contribution in [0.5, 0.6) is 0 Å². The Morgan fingerprint density at radius 3 is 1.79 bits per heavy atom. The predicted molar refractivity (Wildman–Crippen MR) is 99.1 cm³/mol. The Hall–Kier alpha value is -1.69. The van der Waals surface area contributed by atoms with Crippen molar-refractivity contribution in [3.63, 3.8) is 0 Å². The molecule has 0 saturated carbocycles. The van der Waals surface area contributed by atoms with E-state index in [-0.39, 0.29) is 5.75 Å². The Morgan fingerprint density at radius 2 is 1.33 bits per heavy atom. The molecule has 2 aromatic carbocycles. The average Bonchev–Trinajstić information content (AvgIpc) is 2.60. The van der Waals surface area contributed by atoms with Gasteiger partial charge in [0, 0.05) is 13.1 Å². The molecule has 0 aliphatic carbocycles. The van der Waals surface area contributed by atoms with E-state index in [1.165, 1.54) is 0 Å². The molecule has 0 saturated heterocycles. The summed E-state index contributed by atoms with van der Waals surface area (Å²) in [7, 11) is -1.41. The van der Waals surface area contributed by atoms with Crippen LogP contribution < -0.4 is 5.32 Å². The summed E-state index contributed by atoms with van der Waals surface area (Å²) in [4.78, 5) is 0. The summed E-state index contributed by atoms with van der Waals surface area (Å²) in [5, 5.41) is 3.05. The van der Waals surface area contributed by atoms with Crippen LogP contribution in [0.4, 0.5) is 0 Å². The fourth-order valence-corrected chi connectivity index (χ4v) is 4.06. The van der Waals surface area contributed by atoms with Gasteiger partial charge in [0.05, 0.1) is 5.75 Å². The van der Waals surface area contributed by atoms with E-state index < -0.39 is 10.0 Å². The van der Waals surface area contributed by atoms with E-state index in [1.807, 2.05) is 67.7 Å². The molecule has 0 heterocycles. The van der Waals surface area contributed by atoms with Crippen LogP contribution in [-0.2, 0) is 23.1 Å². The number of sulfonamides is 1. The van der Waals surface area contributed by atoms with Gasteiger partial charge in [-0.1, -0.05) is 60.7 Å². The maximum atomic E-state index is 12.8. The second kappa shape index (κ2) is 9.57. The first-order chi connectivity index (χ1) is 11.6. The van der Waals surface area contributed by atoms with E-state index in [0.717, 1.165) is 24.1 Å². The Balaban J connectivity index is 2.12. The summed E-state index contributed by atoms with van der Waals surface area (Å²) in [6, 6.07) is 19.5. The van der Waals surface area contributed by atoms with Crippen LogP contribution in [0.2, 0.25) is 0 Å². The van der Waals surface area contributed by atoms with Gasteiger partial charge in [-0.05, 0) is 37.6 Å². The molecule has 0 bridgehead atoms. The van der Waals surface area contributed by atoms with Crippen molar-refractivity contribution < 1.29 is 8.42 Å². The standard InChI is InChI=1S/C19H26N2O2S/c1-20-14-8-9-15-24(22,23)21(16-18-10-4-2-5-11-18)17-19-12-6-3-7-13-19/h2-7,10-13,20H,8-9,14-17H2,1H3. The van der Waals surface area contributed by atoms with Crippen molar-refractivity contribution in [2.75, 3.05) is 19.3 Å². The summed E-state index contributed by atoms with van der Waals surface area (Å²) < 4.78 is 27.2. The number of hydrogen-bond acceptors (Lipinski definition) is 3. The van der Waals surface area contributed by atoms with Crippen molar-refractivity contribution in [2.24, 2.45) is 0 Å². The molecular weight excluding hydrogens is 320 g/mol. The minimum Gasteiger partial charge on any atom is -0.320 e. The first-order valence-electron chi connectivity index (χ1n) is 8.32. The highest BCUT2D eigenvalue weighted by Gasteiger charge is 2.22. The normalized spacial score (nSPS) is 11.8. The molecule has 0 aromatic heterocycles. The zero-order valence-electron chi connectivity index (χ0n) is 14.2. The van der Waals surface area contributed by atoms with Crippen LogP contribution in [0.1, 0.15) is 24.0 Å². The van der Waals surface area contributed by atoms with Crippen LogP contribution in [0.15, 0.2) is 60.7 Å². The van der Waals surface area contributed by atoms with Gasteiger partial charge in [0.1, 0.15) is 0 Å². The fraction of sp³-hybridized carbons (Fsp3) is 0.368. The molecule has 0 spiro atoms. The summed E-state index contributed by atoms with van der Waals surface area (Å²) in [5.74, 6) is 0.189. The Morgan fingerprint density at radius 1 is 0.833 bits per heavy atom. The number of benzene rings is 2. The van der Waals surface area contributed by atoms with Gasteiger partial charge in [-0.25, -0.2) is 8.42 Å². The third-order valence-corrected chi connectivity index (χ3v) is 5.73. The largest absolute Gasteiger partial charge is 0.320 e. The molecule has 5 heteroatoms. The molecule has 0 fully saturated rings. The number of rotatable bonds is 10. The molecule has 24 heavy (non-hydrogen) atoms. The highest BCUT2D eigenvalue weighted by atomic mass is 32.2. The quantitative estimate of drug-likeness (QED) is 0.673. The summed E-state index contributed by atoms with van der Waals surface area (Å²) in [5.41, 5.74) is 2.01. The third kappa shape index (κ3) is 6.07. The Bertz CT molecular complexity index is 646. The van der Waals surface area contributed by atoms with E-state index in [4.69, 9.17) is 0 Å². The van der Waals surface area contributed by atoms with Crippen molar-refractivity contribution >= 4 is 10.0 Å². The Kier molecular flexibility index (Phi) is 7.43. The molecule has 0 aliphatic heterocycles. The van der Waals surface area contributed by atoms with E-state index in [2.05, 4.69) is 5.32 Å². The highest BCUT2D eigenvalue weighted by molar-refractivity contribution is 7.89. The maximum Gasteiger partial charge on any atom is 0.214 e. The maximum absolute atomic E-state index is 12.8. The van der Waals surface area contributed by atoms with Gasteiger partial charge in [-0.15, -0.1) is 0 Å². The molecule has 2 aromatic rings. The van der Waals surface area contributed by atoms with E-state index in [9.17, 15) is 8.42 Å². The van der Waals surface area contributed by atoms with Gasteiger partial charge >= 0.3 is 0 Å². The van der Waals surface area contributed by atoms with E-state index in [1.54, 1.807) is 4.31 Å². The van der Waals surface area contributed by atoms with Crippen molar-refractivity contribution in [1.29, 1.82) is 0 Å². The van der Waals surface area contributed by atoms with Crippen molar-refractivity contribution in [2.45, 2.75) is 25.9 Å². The highest BCUT2D eigenvalue weighted by Crippen LogP contribution is 2.15. The van der Waals surface area contributed by atoms with Crippen LogP contribution in [0, 0.1) is 0 Å². The molecule has 0 radical (unpaired) electrons. The summed E-state index contributed by atoms with van der Waals surface area (Å²) in [6.07, 6.45) is 1.53. The first kappa shape index (κ1) is 18.6. The zero-order valence-corrected chi connectivity index (χ0v) is 15.0. The molecule has 0 aliphatic rings. The monoisotopic (exact) mass is 346 g/mol. The smallest absolute Gasteiger partial charge is 0.214 e. The molecule has 1 N–H and O–H groups in total. The molecule has 2 rings (SSSR count). The number of nitrogens with zero attached hydrogens (tertiary/aromatic N) is 1. The molecule has 4 nitrogen and oxygen atoms in total. The minimum absolute atomic E-state index is 0.189. The molecule has 0 unspecified atom stereocenters. The van der Waals surface area contributed by atoms with Crippen LogP contribution in [0.25, 0.3) is 0 Å². The fourth-order valence-electron chi connectivity index (χ4n) is 2.54. The molecule has 130 valence electrons. The molecule has 0 atom stereocenters. The topological polar surface area (TPSA) is 49.4 Å². The minimum atomic E-state index is -3.29. The lowest BCUT2D eigenvalue weighted by Crippen LogP contribution is -2.32. The van der Waals surface area contributed by atoms with Gasteiger partial charge < -0.3 is 5.32 Å². The van der Waals surface area contributed by atoms with Crippen molar-refractivity contribution in [3.05, 3.63) is 71.8 Å². The van der Waals surface area contributed by atoms with Crippen molar-refractivity contribution in [1.82, 2.24) is 9.62 Å². The predicted octanol–water partition coefficient (Wildman–Crippen LogP) is 3.02. The lowest BCUT2D eigenvalue weighted by atomic mass is 10.2. The Labute approximate surface area is 145 Å². The lowest BCUT2D eigenvalue weighted by molar-refractivity contribution is 0.400. The van der Waals surface area contributed by atoms with Gasteiger partial charge in [-0.3, -0.25) is 0 Å². The summed E-state index contributed by atoms with van der Waals surface area (Å²) >= 11 is 0. The second-order valence-corrected chi connectivity index (χ2v) is 7.95. The second-order valence-electron chi connectivity index (χ2n) is 5.87. The van der Waals surface area contributed by atoms with Gasteiger partial charge in [0.25, 0.3) is 0 Å². The summed E-state index contributed by atoms with van der Waals surface area (Å²) in [6.45, 7) is 1.65. The van der Waals surface area contributed by atoms with E-state index in [0.29, 0.717) is 19.5 Å². The number of unbranched alkanes of at least 4 members (excludes halogenated alkanes) is 1. The van der Waals surface area contributed by atoms with E-state index >= 15 is 0 Å². The SMILES string of the molecule is CNCCCCS(=O)(=O)N(Cc1ccccc1)Cc1ccccc1. The van der Waals surface area contributed by atoms with Crippen LogP contribution >= 0.6 is 0 Å². The third-order valence-electron chi connectivity index (χ3n) is 3.88. The molecular formula is C19H26N2O2S. The van der Waals surface area contributed by atoms with Gasteiger partial charge in [0.2, 0.25) is 10.0 Å². The molecule has 0 amide bonds.